The molecule has 1 rings (SSSR count). The van der Waals surface area contributed by atoms with Gasteiger partial charge in [-0.3, -0.25) is 4.79 Å². The second kappa shape index (κ2) is 9.77. The van der Waals surface area contributed by atoms with Crippen LogP contribution in [0.25, 0.3) is 0 Å². The molecule has 1 amide bonds. The molecule has 0 radical (unpaired) electrons. The van der Waals surface area contributed by atoms with Gasteiger partial charge in [0.2, 0.25) is 0 Å². The van der Waals surface area contributed by atoms with Crippen LogP contribution in [-0.2, 0) is 0 Å². The van der Waals surface area contributed by atoms with Crippen molar-refractivity contribution >= 4 is 34.9 Å². The molecular formula is C15H22N2OS2. The third-order valence-electron chi connectivity index (χ3n) is 2.97. The predicted octanol–water partition coefficient (Wildman–Crippen LogP) is 2.97. The van der Waals surface area contributed by atoms with Crippen molar-refractivity contribution in [2.45, 2.75) is 25.7 Å². The van der Waals surface area contributed by atoms with E-state index in [1.807, 2.05) is 17.8 Å². The van der Waals surface area contributed by atoms with Crippen LogP contribution in [0.1, 0.15) is 41.6 Å². The van der Waals surface area contributed by atoms with Crippen molar-refractivity contribution < 1.29 is 4.79 Å². The van der Waals surface area contributed by atoms with E-state index in [0.717, 1.165) is 24.9 Å². The maximum Gasteiger partial charge on any atom is 0.251 e. The summed E-state index contributed by atoms with van der Waals surface area (Å²) >= 11 is 6.79. The highest BCUT2D eigenvalue weighted by molar-refractivity contribution is 7.98. The number of benzene rings is 1. The first-order valence-electron chi connectivity index (χ1n) is 6.82. The molecule has 0 heterocycles. The SMILES string of the molecule is CSCCCCCCNC(=O)c1cccc(C(N)=S)c1. The summed E-state index contributed by atoms with van der Waals surface area (Å²) in [6.07, 6.45) is 6.79. The van der Waals surface area contributed by atoms with Crippen molar-refractivity contribution in [2.24, 2.45) is 5.73 Å². The highest BCUT2D eigenvalue weighted by Gasteiger charge is 2.06. The third-order valence-corrected chi connectivity index (χ3v) is 3.90. The summed E-state index contributed by atoms with van der Waals surface area (Å²) in [4.78, 5) is 12.3. The van der Waals surface area contributed by atoms with E-state index in [4.69, 9.17) is 18.0 Å². The van der Waals surface area contributed by atoms with Gasteiger partial charge in [-0.1, -0.05) is 37.2 Å². The second-order valence-electron chi connectivity index (χ2n) is 4.61. The van der Waals surface area contributed by atoms with Gasteiger partial charge in [0.15, 0.2) is 0 Å². The first-order valence-corrected chi connectivity index (χ1v) is 8.62. The molecule has 0 aromatic heterocycles. The molecule has 110 valence electrons. The minimum absolute atomic E-state index is 0.0628. The molecule has 0 aliphatic rings. The van der Waals surface area contributed by atoms with E-state index < -0.39 is 0 Å². The Bertz CT molecular complexity index is 449. The largest absolute Gasteiger partial charge is 0.389 e. The molecule has 3 nitrogen and oxygen atoms in total. The molecule has 0 saturated heterocycles. The minimum atomic E-state index is -0.0628. The van der Waals surface area contributed by atoms with Crippen LogP contribution in [0.2, 0.25) is 0 Å². The zero-order valence-corrected chi connectivity index (χ0v) is 13.5. The highest BCUT2D eigenvalue weighted by atomic mass is 32.2. The lowest BCUT2D eigenvalue weighted by Gasteiger charge is -2.06. The monoisotopic (exact) mass is 310 g/mol. The Labute approximate surface area is 130 Å². The van der Waals surface area contributed by atoms with E-state index in [9.17, 15) is 4.79 Å². The van der Waals surface area contributed by atoms with E-state index in [2.05, 4.69) is 11.6 Å². The topological polar surface area (TPSA) is 55.1 Å². The number of carbonyl (C=O) groups excluding carboxylic acids is 1. The number of unbranched alkanes of at least 4 members (excludes halogenated alkanes) is 3. The van der Waals surface area contributed by atoms with Crippen LogP contribution >= 0.6 is 24.0 Å². The second-order valence-corrected chi connectivity index (χ2v) is 6.03. The van der Waals surface area contributed by atoms with Gasteiger partial charge in [0.25, 0.3) is 5.91 Å². The van der Waals surface area contributed by atoms with E-state index >= 15 is 0 Å². The summed E-state index contributed by atoms with van der Waals surface area (Å²) in [5.41, 5.74) is 6.90. The minimum Gasteiger partial charge on any atom is -0.389 e. The Morgan fingerprint density at radius 3 is 2.65 bits per heavy atom. The van der Waals surface area contributed by atoms with E-state index in [1.165, 1.54) is 18.6 Å². The molecule has 0 spiro atoms. The van der Waals surface area contributed by atoms with E-state index in [-0.39, 0.29) is 5.91 Å². The fourth-order valence-corrected chi connectivity index (χ4v) is 2.46. The summed E-state index contributed by atoms with van der Waals surface area (Å²) in [6.45, 7) is 0.718. The van der Waals surface area contributed by atoms with Crippen molar-refractivity contribution in [1.82, 2.24) is 5.32 Å². The van der Waals surface area contributed by atoms with Gasteiger partial charge in [0, 0.05) is 17.7 Å². The van der Waals surface area contributed by atoms with Crippen LogP contribution in [0.3, 0.4) is 0 Å². The van der Waals surface area contributed by atoms with Crippen LogP contribution in [0.5, 0.6) is 0 Å². The van der Waals surface area contributed by atoms with Crippen LogP contribution in [0, 0.1) is 0 Å². The standard InChI is InChI=1S/C15H22N2OS2/c1-20-10-5-3-2-4-9-17-15(18)13-8-6-7-12(11-13)14(16)19/h6-8,11H,2-5,9-10H2,1H3,(H2,16,19)(H,17,18). The molecule has 3 N–H and O–H groups in total. The molecule has 0 unspecified atom stereocenters. The molecule has 5 heteroatoms. The van der Waals surface area contributed by atoms with Gasteiger partial charge < -0.3 is 11.1 Å². The van der Waals surface area contributed by atoms with Gasteiger partial charge in [0.1, 0.15) is 4.99 Å². The lowest BCUT2D eigenvalue weighted by atomic mass is 10.1. The van der Waals surface area contributed by atoms with Crippen molar-refractivity contribution in [3.05, 3.63) is 35.4 Å². The summed E-state index contributed by atoms with van der Waals surface area (Å²) in [7, 11) is 0. The normalized spacial score (nSPS) is 10.2. The van der Waals surface area contributed by atoms with Crippen molar-refractivity contribution in [3.63, 3.8) is 0 Å². The zero-order valence-electron chi connectivity index (χ0n) is 11.9. The molecule has 0 saturated carbocycles. The number of amides is 1. The Hall–Kier alpha value is -1.07. The quantitative estimate of drug-likeness (QED) is 0.544. The number of hydrogen-bond acceptors (Lipinski definition) is 3. The summed E-state index contributed by atoms with van der Waals surface area (Å²) < 4.78 is 0. The Morgan fingerprint density at radius 2 is 1.95 bits per heavy atom. The molecule has 0 bridgehead atoms. The Balaban J connectivity index is 2.29. The Kier molecular flexibility index (Phi) is 8.30. The van der Waals surface area contributed by atoms with Gasteiger partial charge in [-0.25, -0.2) is 0 Å². The maximum atomic E-state index is 12.0. The highest BCUT2D eigenvalue weighted by Crippen LogP contribution is 2.06. The molecule has 1 aromatic rings. The van der Waals surface area contributed by atoms with Crippen LogP contribution in [0.15, 0.2) is 24.3 Å². The summed E-state index contributed by atoms with van der Waals surface area (Å²) in [6, 6.07) is 7.11. The van der Waals surface area contributed by atoms with Crippen molar-refractivity contribution in [3.8, 4) is 0 Å². The molecular weight excluding hydrogens is 288 g/mol. The van der Waals surface area contributed by atoms with E-state index in [1.54, 1.807) is 18.2 Å². The fraction of sp³-hybridized carbons (Fsp3) is 0.467. The maximum absolute atomic E-state index is 12.0. The molecule has 1 aromatic carbocycles. The summed E-state index contributed by atoms with van der Waals surface area (Å²) in [5, 5.41) is 2.93. The van der Waals surface area contributed by atoms with Crippen molar-refractivity contribution in [1.29, 1.82) is 0 Å². The molecule has 0 fully saturated rings. The average molecular weight is 310 g/mol. The van der Waals surface area contributed by atoms with Gasteiger partial charge in [-0.2, -0.15) is 11.8 Å². The number of nitrogens with one attached hydrogen (secondary N) is 1. The van der Waals surface area contributed by atoms with E-state index in [0.29, 0.717) is 10.6 Å². The molecule has 0 atom stereocenters. The number of hydrogen-bond donors (Lipinski definition) is 2. The average Bonchev–Trinajstić information content (AvgIpc) is 2.46. The molecule has 20 heavy (non-hydrogen) atoms. The smallest absolute Gasteiger partial charge is 0.251 e. The predicted molar refractivity (Wildman–Crippen MR) is 91.5 cm³/mol. The van der Waals surface area contributed by atoms with Gasteiger partial charge in [-0.05, 0) is 37.0 Å². The van der Waals surface area contributed by atoms with Gasteiger partial charge in [0.05, 0.1) is 0 Å². The first-order chi connectivity index (χ1) is 9.65. The van der Waals surface area contributed by atoms with Crippen LogP contribution < -0.4 is 11.1 Å². The summed E-state index contributed by atoms with van der Waals surface area (Å²) in [5.74, 6) is 1.16. The molecule has 0 aliphatic heterocycles. The number of thiocarbonyl (C=S) groups is 1. The first kappa shape index (κ1) is 17.0. The molecule has 0 aliphatic carbocycles. The van der Waals surface area contributed by atoms with Gasteiger partial charge in [-0.15, -0.1) is 0 Å². The van der Waals surface area contributed by atoms with Crippen LogP contribution in [0.4, 0.5) is 0 Å². The third kappa shape index (κ3) is 6.39. The number of rotatable bonds is 9. The number of nitrogens with two attached hydrogens (primary N) is 1. The van der Waals surface area contributed by atoms with Crippen molar-refractivity contribution in [2.75, 3.05) is 18.6 Å². The zero-order chi connectivity index (χ0) is 14.8. The Morgan fingerprint density at radius 1 is 1.25 bits per heavy atom. The fourth-order valence-electron chi connectivity index (χ4n) is 1.84. The lowest BCUT2D eigenvalue weighted by Crippen LogP contribution is -2.24. The lowest BCUT2D eigenvalue weighted by molar-refractivity contribution is 0.0953. The van der Waals surface area contributed by atoms with Crippen LogP contribution in [-0.4, -0.2) is 29.4 Å². The van der Waals surface area contributed by atoms with Gasteiger partial charge >= 0.3 is 0 Å². The number of carbonyl (C=O) groups is 1. The number of thioether (sulfide) groups is 1.